The third kappa shape index (κ3) is 1.35. The number of hydrogen-bond acceptors (Lipinski definition) is 2. The van der Waals surface area contributed by atoms with Gasteiger partial charge in [0.05, 0.1) is 17.0 Å². The number of benzene rings is 1. The number of para-hydroxylation sites is 1. The van der Waals surface area contributed by atoms with Crippen LogP contribution >= 0.6 is 0 Å². The molecule has 0 saturated heterocycles. The van der Waals surface area contributed by atoms with Crippen LogP contribution in [0.1, 0.15) is 5.69 Å². The zero-order valence-corrected chi connectivity index (χ0v) is 7.99. The van der Waals surface area contributed by atoms with Gasteiger partial charge in [0.15, 0.2) is 0 Å². The summed E-state index contributed by atoms with van der Waals surface area (Å²) in [5.41, 5.74) is 7.30. The molecule has 1 aromatic carbocycles. The van der Waals surface area contributed by atoms with Gasteiger partial charge in [-0.15, -0.1) is 0 Å². The third-order valence-corrected chi connectivity index (χ3v) is 2.19. The van der Waals surface area contributed by atoms with Crippen molar-refractivity contribution in [1.29, 1.82) is 5.41 Å². The van der Waals surface area contributed by atoms with Crippen LogP contribution in [0.2, 0.25) is 0 Å². The van der Waals surface area contributed by atoms with Gasteiger partial charge in [-0.25, -0.2) is 0 Å². The normalized spacial score (nSPS) is 10.6. The van der Waals surface area contributed by atoms with E-state index < -0.39 is 0 Å². The number of hydrogen-bond donors (Lipinski definition) is 2. The molecule has 72 valence electrons. The monoisotopic (exact) mass is 188 g/mol. The first-order valence-corrected chi connectivity index (χ1v) is 4.42. The van der Waals surface area contributed by atoms with E-state index in [1.165, 1.54) is 0 Å². The molecule has 4 heteroatoms. The fourth-order valence-electron chi connectivity index (χ4n) is 1.60. The minimum absolute atomic E-state index is 0.147. The Morgan fingerprint density at radius 3 is 2.93 bits per heavy atom. The second-order valence-corrected chi connectivity index (χ2v) is 3.29. The lowest BCUT2D eigenvalue weighted by Gasteiger charge is -1.93. The summed E-state index contributed by atoms with van der Waals surface area (Å²) >= 11 is 0. The van der Waals surface area contributed by atoms with Crippen molar-refractivity contribution in [2.75, 3.05) is 0 Å². The second kappa shape index (κ2) is 3.14. The van der Waals surface area contributed by atoms with E-state index in [0.29, 0.717) is 6.42 Å². The van der Waals surface area contributed by atoms with Gasteiger partial charge in [0, 0.05) is 18.9 Å². The van der Waals surface area contributed by atoms with Crippen LogP contribution in [-0.4, -0.2) is 15.6 Å². The summed E-state index contributed by atoms with van der Waals surface area (Å²) in [6, 6.07) is 7.95. The van der Waals surface area contributed by atoms with Crippen LogP contribution in [0.5, 0.6) is 0 Å². The highest BCUT2D eigenvalue weighted by molar-refractivity contribution is 5.87. The standard InChI is InChI=1S/C10H12N4/c1-14-9-5-3-2-4-7(9)8(13-14)6-10(11)12/h2-5H,6H2,1H3,(H3,11,12). The van der Waals surface area contributed by atoms with Crippen molar-refractivity contribution in [3.05, 3.63) is 30.0 Å². The third-order valence-electron chi connectivity index (χ3n) is 2.19. The van der Waals surface area contributed by atoms with Gasteiger partial charge in [0.25, 0.3) is 0 Å². The molecule has 0 unspecified atom stereocenters. The molecule has 0 saturated carbocycles. The smallest absolute Gasteiger partial charge is 0.0967 e. The minimum Gasteiger partial charge on any atom is -0.387 e. The van der Waals surface area contributed by atoms with Gasteiger partial charge in [-0.1, -0.05) is 18.2 Å². The highest BCUT2D eigenvalue weighted by Crippen LogP contribution is 2.17. The van der Waals surface area contributed by atoms with Crippen molar-refractivity contribution in [3.63, 3.8) is 0 Å². The van der Waals surface area contributed by atoms with Crippen molar-refractivity contribution in [2.45, 2.75) is 6.42 Å². The molecule has 0 atom stereocenters. The van der Waals surface area contributed by atoms with Crippen LogP contribution in [0.25, 0.3) is 10.9 Å². The largest absolute Gasteiger partial charge is 0.387 e. The lowest BCUT2D eigenvalue weighted by Crippen LogP contribution is -2.13. The van der Waals surface area contributed by atoms with Crippen molar-refractivity contribution in [2.24, 2.45) is 12.8 Å². The number of fused-ring (bicyclic) bond motifs is 1. The summed E-state index contributed by atoms with van der Waals surface area (Å²) in [5, 5.41) is 12.6. The predicted molar refractivity (Wildman–Crippen MR) is 56.3 cm³/mol. The molecule has 0 spiro atoms. The number of amidine groups is 1. The Labute approximate surface area is 81.8 Å². The molecule has 0 bridgehead atoms. The molecule has 2 aromatic rings. The number of rotatable bonds is 2. The van der Waals surface area contributed by atoms with E-state index in [2.05, 4.69) is 5.10 Å². The van der Waals surface area contributed by atoms with Crippen LogP contribution in [0.4, 0.5) is 0 Å². The molecule has 0 radical (unpaired) electrons. The fourth-order valence-corrected chi connectivity index (χ4v) is 1.60. The van der Waals surface area contributed by atoms with Crippen molar-refractivity contribution in [1.82, 2.24) is 9.78 Å². The Hall–Kier alpha value is -1.84. The van der Waals surface area contributed by atoms with E-state index >= 15 is 0 Å². The summed E-state index contributed by atoms with van der Waals surface area (Å²) in [6.07, 6.45) is 0.418. The summed E-state index contributed by atoms with van der Waals surface area (Å²) < 4.78 is 1.81. The Morgan fingerprint density at radius 1 is 1.50 bits per heavy atom. The molecule has 0 amide bonds. The van der Waals surface area contributed by atoms with Crippen LogP contribution in [0.15, 0.2) is 24.3 Å². The van der Waals surface area contributed by atoms with Crippen LogP contribution in [-0.2, 0) is 13.5 Å². The first kappa shape index (κ1) is 8.74. The zero-order chi connectivity index (χ0) is 10.1. The van der Waals surface area contributed by atoms with Crippen LogP contribution < -0.4 is 5.73 Å². The molecular weight excluding hydrogens is 176 g/mol. The van der Waals surface area contributed by atoms with E-state index in [0.717, 1.165) is 16.6 Å². The maximum atomic E-state index is 7.24. The summed E-state index contributed by atoms with van der Waals surface area (Å²) in [4.78, 5) is 0. The molecule has 2 rings (SSSR count). The molecule has 0 fully saturated rings. The van der Waals surface area contributed by atoms with Crippen molar-refractivity contribution in [3.8, 4) is 0 Å². The molecule has 14 heavy (non-hydrogen) atoms. The van der Waals surface area contributed by atoms with Gasteiger partial charge in [-0.3, -0.25) is 10.1 Å². The quantitative estimate of drug-likeness (QED) is 0.546. The summed E-state index contributed by atoms with van der Waals surface area (Å²) in [7, 11) is 1.89. The van der Waals surface area contributed by atoms with Crippen LogP contribution in [0, 0.1) is 5.41 Å². The van der Waals surface area contributed by atoms with Crippen molar-refractivity contribution < 1.29 is 0 Å². The molecule has 0 aliphatic heterocycles. The molecule has 0 aliphatic carbocycles. The SMILES string of the molecule is Cn1nc(CC(=N)N)c2ccccc21. The molecule has 0 aliphatic rings. The van der Waals surface area contributed by atoms with E-state index in [1.807, 2.05) is 36.0 Å². The summed E-state index contributed by atoms with van der Waals surface area (Å²) in [5.74, 6) is 0.147. The Bertz CT molecular complexity index is 484. The molecular formula is C10H12N4. The minimum atomic E-state index is 0.147. The molecule has 1 heterocycles. The zero-order valence-electron chi connectivity index (χ0n) is 7.99. The molecule has 4 nitrogen and oxygen atoms in total. The van der Waals surface area contributed by atoms with Gasteiger partial charge in [0.2, 0.25) is 0 Å². The lowest BCUT2D eigenvalue weighted by atomic mass is 10.1. The first-order valence-electron chi connectivity index (χ1n) is 4.42. The maximum Gasteiger partial charge on any atom is 0.0967 e. The van der Waals surface area contributed by atoms with Gasteiger partial charge in [-0.05, 0) is 6.07 Å². The van der Waals surface area contributed by atoms with Gasteiger partial charge < -0.3 is 5.73 Å². The highest BCUT2D eigenvalue weighted by Gasteiger charge is 2.07. The molecule has 3 N–H and O–H groups in total. The van der Waals surface area contributed by atoms with E-state index in [-0.39, 0.29) is 5.84 Å². The van der Waals surface area contributed by atoms with E-state index in [9.17, 15) is 0 Å². The van der Waals surface area contributed by atoms with Gasteiger partial charge in [-0.2, -0.15) is 5.10 Å². The number of aromatic nitrogens is 2. The fraction of sp³-hybridized carbons (Fsp3) is 0.200. The topological polar surface area (TPSA) is 67.7 Å². The number of nitrogens with one attached hydrogen (secondary N) is 1. The Morgan fingerprint density at radius 2 is 2.21 bits per heavy atom. The summed E-state index contributed by atoms with van der Waals surface area (Å²) in [6.45, 7) is 0. The van der Waals surface area contributed by atoms with E-state index in [4.69, 9.17) is 11.1 Å². The van der Waals surface area contributed by atoms with Crippen LogP contribution in [0.3, 0.4) is 0 Å². The van der Waals surface area contributed by atoms with Gasteiger partial charge >= 0.3 is 0 Å². The predicted octanol–water partition coefficient (Wildman–Crippen LogP) is 1.05. The average molecular weight is 188 g/mol. The second-order valence-electron chi connectivity index (χ2n) is 3.29. The van der Waals surface area contributed by atoms with Gasteiger partial charge in [0.1, 0.15) is 0 Å². The molecule has 1 aromatic heterocycles. The van der Waals surface area contributed by atoms with Crippen molar-refractivity contribution >= 4 is 16.7 Å². The highest BCUT2D eigenvalue weighted by atomic mass is 15.3. The number of nitrogens with zero attached hydrogens (tertiary/aromatic N) is 2. The maximum absolute atomic E-state index is 7.24. The lowest BCUT2D eigenvalue weighted by molar-refractivity contribution is 0.778. The average Bonchev–Trinajstić information content (AvgIpc) is 2.44. The van der Waals surface area contributed by atoms with E-state index in [1.54, 1.807) is 0 Å². The Kier molecular flexibility index (Phi) is 1.96. The first-order chi connectivity index (χ1) is 6.68. The Balaban J connectivity index is 2.60. The number of nitrogens with two attached hydrogens (primary N) is 1. The number of aryl methyl sites for hydroxylation is 1.